The average Bonchev–Trinajstić information content (AvgIpc) is 2.17. The molecule has 92 valence electrons. The summed E-state index contributed by atoms with van der Waals surface area (Å²) in [6.07, 6.45) is 0. The fourth-order valence-electron chi connectivity index (χ4n) is 0.840. The number of carboxylic acid groups (broad SMARTS) is 1. The summed E-state index contributed by atoms with van der Waals surface area (Å²) in [6.45, 7) is 3.44. The molecule has 0 radical (unpaired) electrons. The Morgan fingerprint density at radius 3 is 2.50 bits per heavy atom. The van der Waals surface area contributed by atoms with Crippen molar-refractivity contribution < 1.29 is 24.2 Å². The highest BCUT2D eigenvalue weighted by Crippen LogP contribution is 1.99. The average molecular weight is 249 g/mol. The Kier molecular flexibility index (Phi) is 7.36. The molecule has 6 nitrogen and oxygen atoms in total. The lowest BCUT2D eigenvalue weighted by atomic mass is 10.3. The molecule has 1 unspecified atom stereocenters. The molecule has 0 heterocycles. The van der Waals surface area contributed by atoms with Crippen LogP contribution in [0.25, 0.3) is 0 Å². The Morgan fingerprint density at radius 1 is 1.38 bits per heavy atom. The van der Waals surface area contributed by atoms with Gasteiger partial charge in [-0.25, -0.2) is 4.79 Å². The number of hydrogen-bond donors (Lipinski definition) is 2. The Hall–Kier alpha value is -1.24. The lowest BCUT2D eigenvalue weighted by molar-refractivity contribution is -0.146. The second kappa shape index (κ2) is 7.98. The standard InChI is InChI=1S/C9H15NO5S/c1-3-15-9(14)6(2)10-7(11)4-16-5-8(12)13/h6H,3-5H2,1-2H3,(H,10,11)(H,12,13). The van der Waals surface area contributed by atoms with Crippen LogP contribution in [0.5, 0.6) is 0 Å². The number of carbonyl (C=O) groups is 3. The monoisotopic (exact) mass is 249 g/mol. The van der Waals surface area contributed by atoms with Crippen molar-refractivity contribution in [2.45, 2.75) is 19.9 Å². The fourth-order valence-corrected chi connectivity index (χ4v) is 1.39. The molecule has 0 spiro atoms. The zero-order valence-corrected chi connectivity index (χ0v) is 10.0. The number of carbonyl (C=O) groups excluding carboxylic acids is 2. The highest BCUT2D eigenvalue weighted by molar-refractivity contribution is 8.00. The predicted octanol–water partition coefficient (Wildman–Crippen LogP) is -0.128. The summed E-state index contributed by atoms with van der Waals surface area (Å²) in [6, 6.07) is -0.710. The lowest BCUT2D eigenvalue weighted by Crippen LogP contribution is -2.40. The number of carboxylic acids is 1. The number of amides is 1. The van der Waals surface area contributed by atoms with E-state index in [1.54, 1.807) is 6.92 Å². The van der Waals surface area contributed by atoms with Crippen LogP contribution >= 0.6 is 11.8 Å². The van der Waals surface area contributed by atoms with Gasteiger partial charge < -0.3 is 15.2 Å². The van der Waals surface area contributed by atoms with E-state index in [0.717, 1.165) is 11.8 Å². The SMILES string of the molecule is CCOC(=O)C(C)NC(=O)CSCC(=O)O. The maximum Gasteiger partial charge on any atom is 0.328 e. The van der Waals surface area contributed by atoms with Gasteiger partial charge in [0.15, 0.2) is 0 Å². The van der Waals surface area contributed by atoms with Crippen molar-refractivity contribution >= 4 is 29.6 Å². The molecule has 0 aromatic heterocycles. The van der Waals surface area contributed by atoms with E-state index < -0.39 is 18.0 Å². The largest absolute Gasteiger partial charge is 0.481 e. The predicted molar refractivity (Wildman–Crippen MR) is 59.2 cm³/mol. The Balaban J connectivity index is 3.77. The number of esters is 1. The van der Waals surface area contributed by atoms with Gasteiger partial charge in [-0.1, -0.05) is 0 Å². The molecule has 0 aromatic carbocycles. The van der Waals surface area contributed by atoms with Crippen molar-refractivity contribution in [3.05, 3.63) is 0 Å². The first-order valence-corrected chi connectivity index (χ1v) is 5.88. The van der Waals surface area contributed by atoms with Crippen LogP contribution in [0.15, 0.2) is 0 Å². The van der Waals surface area contributed by atoms with E-state index in [0.29, 0.717) is 0 Å². The molecule has 0 saturated carbocycles. The molecule has 2 N–H and O–H groups in total. The van der Waals surface area contributed by atoms with Crippen molar-refractivity contribution in [2.24, 2.45) is 0 Å². The van der Waals surface area contributed by atoms with Gasteiger partial charge in [-0.05, 0) is 13.8 Å². The number of nitrogens with one attached hydrogen (secondary N) is 1. The molecule has 16 heavy (non-hydrogen) atoms. The number of hydrogen-bond acceptors (Lipinski definition) is 5. The summed E-state index contributed by atoms with van der Waals surface area (Å²) < 4.78 is 4.69. The molecule has 0 saturated heterocycles. The third-order valence-corrected chi connectivity index (χ3v) is 2.39. The molecule has 7 heteroatoms. The summed E-state index contributed by atoms with van der Waals surface area (Å²) in [7, 11) is 0. The topological polar surface area (TPSA) is 92.7 Å². The minimum Gasteiger partial charge on any atom is -0.481 e. The zero-order valence-electron chi connectivity index (χ0n) is 9.19. The molecule has 0 fully saturated rings. The molecule has 0 bridgehead atoms. The number of ether oxygens (including phenoxy) is 1. The van der Waals surface area contributed by atoms with Crippen LogP contribution in [0, 0.1) is 0 Å². The molecule has 0 aromatic rings. The molecule has 1 amide bonds. The van der Waals surface area contributed by atoms with Gasteiger partial charge >= 0.3 is 11.9 Å². The van der Waals surface area contributed by atoms with Crippen LogP contribution in [0.3, 0.4) is 0 Å². The first-order chi connectivity index (χ1) is 7.47. The molecule has 0 aliphatic carbocycles. The van der Waals surface area contributed by atoms with Gasteiger partial charge in [0.2, 0.25) is 5.91 Å². The highest BCUT2D eigenvalue weighted by atomic mass is 32.2. The van der Waals surface area contributed by atoms with Crippen molar-refractivity contribution in [2.75, 3.05) is 18.1 Å². The van der Waals surface area contributed by atoms with Gasteiger partial charge in [0, 0.05) is 0 Å². The number of aliphatic carboxylic acids is 1. The number of rotatable bonds is 7. The van der Waals surface area contributed by atoms with Crippen molar-refractivity contribution in [1.29, 1.82) is 0 Å². The summed E-state index contributed by atoms with van der Waals surface area (Å²) in [5.41, 5.74) is 0. The molecular formula is C9H15NO5S. The van der Waals surface area contributed by atoms with E-state index in [1.807, 2.05) is 0 Å². The van der Waals surface area contributed by atoms with E-state index in [9.17, 15) is 14.4 Å². The third-order valence-electron chi connectivity index (χ3n) is 1.48. The molecule has 0 aliphatic rings. The van der Waals surface area contributed by atoms with Crippen LogP contribution in [0.4, 0.5) is 0 Å². The smallest absolute Gasteiger partial charge is 0.328 e. The van der Waals surface area contributed by atoms with Crippen molar-refractivity contribution in [1.82, 2.24) is 5.32 Å². The fraction of sp³-hybridized carbons (Fsp3) is 0.667. The molecule has 1 atom stereocenters. The first-order valence-electron chi connectivity index (χ1n) is 4.73. The lowest BCUT2D eigenvalue weighted by Gasteiger charge is -2.11. The third kappa shape index (κ3) is 7.10. The maximum atomic E-state index is 11.2. The Bertz CT molecular complexity index is 269. The molecule has 0 rings (SSSR count). The van der Waals surface area contributed by atoms with Crippen LogP contribution in [-0.4, -0.2) is 47.1 Å². The second-order valence-electron chi connectivity index (χ2n) is 2.93. The van der Waals surface area contributed by atoms with Crippen LogP contribution in [0.2, 0.25) is 0 Å². The first kappa shape index (κ1) is 14.8. The van der Waals surface area contributed by atoms with Crippen LogP contribution in [-0.2, 0) is 19.1 Å². The highest BCUT2D eigenvalue weighted by Gasteiger charge is 2.16. The van der Waals surface area contributed by atoms with Gasteiger partial charge in [0.25, 0.3) is 0 Å². The van der Waals surface area contributed by atoms with Gasteiger partial charge in [-0.3, -0.25) is 9.59 Å². The van der Waals surface area contributed by atoms with E-state index >= 15 is 0 Å². The zero-order chi connectivity index (χ0) is 12.6. The minimum absolute atomic E-state index is 0.00997. The molecular weight excluding hydrogens is 234 g/mol. The molecule has 0 aliphatic heterocycles. The van der Waals surface area contributed by atoms with Gasteiger partial charge in [-0.15, -0.1) is 11.8 Å². The Labute approximate surface area is 97.7 Å². The van der Waals surface area contributed by atoms with Gasteiger partial charge in [-0.2, -0.15) is 0 Å². The normalized spacial score (nSPS) is 11.6. The second-order valence-corrected chi connectivity index (χ2v) is 3.91. The van der Waals surface area contributed by atoms with E-state index in [2.05, 4.69) is 5.32 Å². The summed E-state index contributed by atoms with van der Waals surface area (Å²) in [5, 5.41) is 10.8. The maximum absolute atomic E-state index is 11.2. The van der Waals surface area contributed by atoms with Crippen molar-refractivity contribution in [3.63, 3.8) is 0 Å². The quantitative estimate of drug-likeness (QED) is 0.611. The Morgan fingerprint density at radius 2 is 2.00 bits per heavy atom. The van der Waals surface area contributed by atoms with E-state index in [1.165, 1.54) is 6.92 Å². The van der Waals surface area contributed by atoms with Crippen LogP contribution in [0.1, 0.15) is 13.8 Å². The van der Waals surface area contributed by atoms with Gasteiger partial charge in [0.05, 0.1) is 18.1 Å². The van der Waals surface area contributed by atoms with Crippen LogP contribution < -0.4 is 5.32 Å². The summed E-state index contributed by atoms with van der Waals surface area (Å²) in [5.74, 6) is -1.99. The summed E-state index contributed by atoms with van der Waals surface area (Å²) in [4.78, 5) is 32.5. The van der Waals surface area contributed by atoms with Gasteiger partial charge in [0.1, 0.15) is 6.04 Å². The number of thioether (sulfide) groups is 1. The summed E-state index contributed by atoms with van der Waals surface area (Å²) >= 11 is 0.973. The van der Waals surface area contributed by atoms with Crippen molar-refractivity contribution in [3.8, 4) is 0 Å². The minimum atomic E-state index is -0.976. The van der Waals surface area contributed by atoms with E-state index in [-0.39, 0.29) is 24.0 Å². The van der Waals surface area contributed by atoms with E-state index in [4.69, 9.17) is 9.84 Å².